The van der Waals surface area contributed by atoms with E-state index in [2.05, 4.69) is 4.74 Å². The number of carbonyl (C=O) groups excluding carboxylic acids is 1. The Morgan fingerprint density at radius 1 is 1.85 bits per heavy atom. The van der Waals surface area contributed by atoms with Crippen LogP contribution >= 0.6 is 22.9 Å². The third-order valence-electron chi connectivity index (χ3n) is 1.60. The van der Waals surface area contributed by atoms with Gasteiger partial charge in [-0.3, -0.25) is 4.79 Å². The highest BCUT2D eigenvalue weighted by Crippen LogP contribution is 2.23. The van der Waals surface area contributed by atoms with Crippen LogP contribution in [-0.2, 0) is 16.0 Å². The molecule has 1 aromatic rings. The van der Waals surface area contributed by atoms with Gasteiger partial charge in [0.1, 0.15) is 6.04 Å². The number of esters is 1. The van der Waals surface area contributed by atoms with Gasteiger partial charge in [0.25, 0.3) is 0 Å². The first-order valence-electron chi connectivity index (χ1n) is 3.70. The number of ether oxygens (including phenoxy) is 1. The maximum Gasteiger partial charge on any atom is 0.323 e. The van der Waals surface area contributed by atoms with Crippen molar-refractivity contribution in [2.75, 3.05) is 7.11 Å². The Morgan fingerprint density at radius 2 is 2.54 bits per heavy atom. The molecule has 0 bridgehead atoms. The molecule has 1 atom stereocenters. The molecular formula is C8H10ClNO2S. The molecule has 0 saturated carbocycles. The van der Waals surface area contributed by atoms with Crippen LogP contribution in [0.5, 0.6) is 0 Å². The smallest absolute Gasteiger partial charge is 0.323 e. The summed E-state index contributed by atoms with van der Waals surface area (Å²) in [6.45, 7) is 0. The molecule has 1 rings (SSSR count). The molecule has 3 nitrogen and oxygen atoms in total. The van der Waals surface area contributed by atoms with Gasteiger partial charge in [0.15, 0.2) is 0 Å². The quantitative estimate of drug-likeness (QED) is 0.783. The largest absolute Gasteiger partial charge is 0.468 e. The lowest BCUT2D eigenvalue weighted by atomic mass is 10.2. The van der Waals surface area contributed by atoms with E-state index in [1.54, 1.807) is 6.07 Å². The number of carbonyl (C=O) groups is 1. The summed E-state index contributed by atoms with van der Waals surface area (Å²) < 4.78 is 4.50. The van der Waals surface area contributed by atoms with Gasteiger partial charge in [0.05, 0.1) is 12.1 Å². The number of nitrogens with two attached hydrogens (primary N) is 1. The summed E-state index contributed by atoms with van der Waals surface area (Å²) in [6.07, 6.45) is 0.434. The van der Waals surface area contributed by atoms with E-state index in [1.165, 1.54) is 18.4 Å². The van der Waals surface area contributed by atoms with Crippen molar-refractivity contribution < 1.29 is 9.53 Å². The van der Waals surface area contributed by atoms with Gasteiger partial charge in [-0.2, -0.15) is 0 Å². The van der Waals surface area contributed by atoms with Gasteiger partial charge in [-0.15, -0.1) is 11.3 Å². The van der Waals surface area contributed by atoms with Crippen LogP contribution in [-0.4, -0.2) is 19.1 Å². The standard InChI is InChI=1S/C8H10ClNO2S/c1-12-8(11)6(10)4-7-5(9)2-3-13-7/h2-3,6H,4,10H2,1H3/t6-/m1/s1. The second kappa shape index (κ2) is 4.60. The second-order valence-electron chi connectivity index (χ2n) is 2.53. The average molecular weight is 220 g/mol. The molecule has 0 aliphatic heterocycles. The molecule has 0 radical (unpaired) electrons. The monoisotopic (exact) mass is 219 g/mol. The maximum atomic E-state index is 11.0. The summed E-state index contributed by atoms with van der Waals surface area (Å²) in [4.78, 5) is 11.9. The number of hydrogen-bond acceptors (Lipinski definition) is 4. The average Bonchev–Trinajstić information content (AvgIpc) is 2.50. The van der Waals surface area contributed by atoms with E-state index in [0.717, 1.165) is 4.88 Å². The van der Waals surface area contributed by atoms with Crippen LogP contribution < -0.4 is 5.73 Å². The molecule has 0 amide bonds. The van der Waals surface area contributed by atoms with Gasteiger partial charge >= 0.3 is 5.97 Å². The Labute approximate surface area is 85.4 Å². The van der Waals surface area contributed by atoms with Crippen LogP contribution in [0.2, 0.25) is 5.02 Å². The first-order chi connectivity index (χ1) is 6.15. The lowest BCUT2D eigenvalue weighted by molar-refractivity contribution is -0.142. The zero-order chi connectivity index (χ0) is 9.84. The SMILES string of the molecule is COC(=O)[C@H](N)Cc1sccc1Cl. The van der Waals surface area contributed by atoms with E-state index < -0.39 is 12.0 Å². The highest BCUT2D eigenvalue weighted by molar-refractivity contribution is 7.10. The van der Waals surface area contributed by atoms with Crippen molar-refractivity contribution >= 4 is 28.9 Å². The fraction of sp³-hybridized carbons (Fsp3) is 0.375. The van der Waals surface area contributed by atoms with Crippen molar-refractivity contribution in [3.05, 3.63) is 21.3 Å². The summed E-state index contributed by atoms with van der Waals surface area (Å²) in [5.41, 5.74) is 5.56. The first-order valence-corrected chi connectivity index (χ1v) is 4.96. The molecule has 1 aromatic heterocycles. The summed E-state index contributed by atoms with van der Waals surface area (Å²) >= 11 is 7.32. The third kappa shape index (κ3) is 2.69. The predicted octanol–water partition coefficient (Wildman–Crippen LogP) is 1.44. The van der Waals surface area contributed by atoms with E-state index in [4.69, 9.17) is 17.3 Å². The van der Waals surface area contributed by atoms with Crippen molar-refractivity contribution in [1.29, 1.82) is 0 Å². The van der Waals surface area contributed by atoms with Gasteiger partial charge in [0.2, 0.25) is 0 Å². The van der Waals surface area contributed by atoms with Gasteiger partial charge in [-0.05, 0) is 11.4 Å². The summed E-state index contributed by atoms with van der Waals surface area (Å²) in [5.74, 6) is -0.413. The Balaban J connectivity index is 2.59. The number of thiophene rings is 1. The summed E-state index contributed by atoms with van der Waals surface area (Å²) in [7, 11) is 1.32. The fourth-order valence-corrected chi connectivity index (χ4v) is 2.08. The van der Waals surface area contributed by atoms with Crippen LogP contribution in [0.25, 0.3) is 0 Å². The topological polar surface area (TPSA) is 52.3 Å². The maximum absolute atomic E-state index is 11.0. The van der Waals surface area contributed by atoms with Gasteiger partial charge in [0, 0.05) is 11.3 Å². The molecule has 0 unspecified atom stereocenters. The molecule has 5 heteroatoms. The molecule has 0 saturated heterocycles. The van der Waals surface area contributed by atoms with E-state index >= 15 is 0 Å². The zero-order valence-electron chi connectivity index (χ0n) is 7.12. The molecule has 2 N–H and O–H groups in total. The number of hydrogen-bond donors (Lipinski definition) is 1. The molecular weight excluding hydrogens is 210 g/mol. The van der Waals surface area contributed by atoms with Crippen molar-refractivity contribution in [2.24, 2.45) is 5.73 Å². The molecule has 1 heterocycles. The molecule has 0 spiro atoms. The molecule has 13 heavy (non-hydrogen) atoms. The van der Waals surface area contributed by atoms with Crippen LogP contribution in [0.3, 0.4) is 0 Å². The minimum absolute atomic E-state index is 0.413. The van der Waals surface area contributed by atoms with Crippen molar-refractivity contribution in [2.45, 2.75) is 12.5 Å². The van der Waals surface area contributed by atoms with Gasteiger partial charge in [-0.25, -0.2) is 0 Å². The van der Waals surface area contributed by atoms with Crippen LogP contribution in [0, 0.1) is 0 Å². The highest BCUT2D eigenvalue weighted by atomic mass is 35.5. The first kappa shape index (κ1) is 10.5. The van der Waals surface area contributed by atoms with E-state index in [0.29, 0.717) is 11.4 Å². The Hall–Kier alpha value is -0.580. The highest BCUT2D eigenvalue weighted by Gasteiger charge is 2.16. The Bertz CT molecular complexity index is 300. The van der Waals surface area contributed by atoms with Crippen molar-refractivity contribution in [3.8, 4) is 0 Å². The Kier molecular flexibility index (Phi) is 3.71. The predicted molar refractivity (Wildman–Crippen MR) is 53.0 cm³/mol. The number of rotatable bonds is 3. The molecule has 72 valence electrons. The van der Waals surface area contributed by atoms with Crippen LogP contribution in [0.15, 0.2) is 11.4 Å². The lowest BCUT2D eigenvalue weighted by Gasteiger charge is -2.07. The van der Waals surface area contributed by atoms with Crippen molar-refractivity contribution in [3.63, 3.8) is 0 Å². The zero-order valence-corrected chi connectivity index (χ0v) is 8.69. The molecule has 0 fully saturated rings. The fourth-order valence-electron chi connectivity index (χ4n) is 0.905. The second-order valence-corrected chi connectivity index (χ2v) is 3.93. The minimum atomic E-state index is -0.624. The Morgan fingerprint density at radius 3 is 3.00 bits per heavy atom. The van der Waals surface area contributed by atoms with Crippen LogP contribution in [0.1, 0.15) is 4.88 Å². The number of halogens is 1. The van der Waals surface area contributed by atoms with E-state index in [1.807, 2.05) is 5.38 Å². The summed E-state index contributed by atoms with van der Waals surface area (Å²) in [6, 6.07) is 1.16. The number of methoxy groups -OCH3 is 1. The third-order valence-corrected chi connectivity index (χ3v) is 3.01. The molecule has 0 aliphatic carbocycles. The van der Waals surface area contributed by atoms with Gasteiger partial charge < -0.3 is 10.5 Å². The summed E-state index contributed by atoms with van der Waals surface area (Å²) in [5, 5.41) is 2.52. The van der Waals surface area contributed by atoms with E-state index in [-0.39, 0.29) is 0 Å². The van der Waals surface area contributed by atoms with E-state index in [9.17, 15) is 4.79 Å². The van der Waals surface area contributed by atoms with Crippen molar-refractivity contribution in [1.82, 2.24) is 0 Å². The lowest BCUT2D eigenvalue weighted by Crippen LogP contribution is -2.33. The minimum Gasteiger partial charge on any atom is -0.468 e. The molecule has 0 aromatic carbocycles. The van der Waals surface area contributed by atoms with Crippen LogP contribution in [0.4, 0.5) is 0 Å². The van der Waals surface area contributed by atoms with Gasteiger partial charge in [-0.1, -0.05) is 11.6 Å². The molecule has 0 aliphatic rings. The normalized spacial score (nSPS) is 12.5.